The largest absolute Gasteiger partial charge is 0.323 e. The Bertz CT molecular complexity index is 492. The lowest BCUT2D eigenvalue weighted by molar-refractivity contribution is 0.435. The van der Waals surface area contributed by atoms with Crippen LogP contribution in [0.5, 0.6) is 0 Å². The predicted octanol–water partition coefficient (Wildman–Crippen LogP) is 3.09. The number of para-hydroxylation sites is 1. The highest BCUT2D eigenvalue weighted by molar-refractivity contribution is 5.28. The summed E-state index contributed by atoms with van der Waals surface area (Å²) < 4.78 is 0. The molecular formula is C15H22N4. The van der Waals surface area contributed by atoms with Crippen LogP contribution in [0.15, 0.2) is 36.5 Å². The standard InChI is InChI=1S/C15H22N4/c1-3-7-12(2)10-14(16)15-11-17-19(18-15)13-8-5-4-6-9-13/h4-6,8-9,11-12,14H,3,7,10,16H2,1-2H3. The van der Waals surface area contributed by atoms with Crippen LogP contribution in [0.3, 0.4) is 0 Å². The minimum atomic E-state index is -0.0287. The van der Waals surface area contributed by atoms with Gasteiger partial charge in [0.05, 0.1) is 23.6 Å². The highest BCUT2D eigenvalue weighted by atomic mass is 15.5. The molecule has 1 aromatic heterocycles. The molecule has 102 valence electrons. The van der Waals surface area contributed by atoms with E-state index >= 15 is 0 Å². The van der Waals surface area contributed by atoms with Gasteiger partial charge in [-0.2, -0.15) is 15.0 Å². The van der Waals surface area contributed by atoms with E-state index in [4.69, 9.17) is 5.73 Å². The van der Waals surface area contributed by atoms with Crippen LogP contribution < -0.4 is 5.73 Å². The third kappa shape index (κ3) is 3.64. The molecule has 2 atom stereocenters. The SMILES string of the molecule is CCCC(C)CC(N)c1cnn(-c2ccccc2)n1. The summed E-state index contributed by atoms with van der Waals surface area (Å²) in [4.78, 5) is 1.64. The second-order valence-corrected chi connectivity index (χ2v) is 5.13. The minimum Gasteiger partial charge on any atom is -0.323 e. The molecule has 0 aliphatic heterocycles. The Kier molecular flexibility index (Phi) is 4.68. The molecular weight excluding hydrogens is 236 g/mol. The van der Waals surface area contributed by atoms with Crippen molar-refractivity contribution in [2.45, 2.75) is 39.2 Å². The van der Waals surface area contributed by atoms with Crippen molar-refractivity contribution in [2.24, 2.45) is 11.7 Å². The van der Waals surface area contributed by atoms with Gasteiger partial charge in [-0.15, -0.1) is 0 Å². The lowest BCUT2D eigenvalue weighted by Crippen LogP contribution is -2.15. The second kappa shape index (κ2) is 6.48. The van der Waals surface area contributed by atoms with Crippen LogP contribution in [-0.2, 0) is 0 Å². The molecule has 19 heavy (non-hydrogen) atoms. The highest BCUT2D eigenvalue weighted by Gasteiger charge is 2.14. The average Bonchev–Trinajstić information content (AvgIpc) is 2.89. The van der Waals surface area contributed by atoms with Crippen molar-refractivity contribution in [3.05, 3.63) is 42.2 Å². The maximum Gasteiger partial charge on any atom is 0.0998 e. The van der Waals surface area contributed by atoms with Gasteiger partial charge in [0.15, 0.2) is 0 Å². The van der Waals surface area contributed by atoms with Gasteiger partial charge in [-0.05, 0) is 24.5 Å². The maximum absolute atomic E-state index is 6.20. The lowest BCUT2D eigenvalue weighted by Gasteiger charge is -2.14. The third-order valence-electron chi connectivity index (χ3n) is 3.31. The number of hydrogen-bond donors (Lipinski definition) is 1. The lowest BCUT2D eigenvalue weighted by atomic mass is 9.96. The van der Waals surface area contributed by atoms with Crippen LogP contribution in [0.25, 0.3) is 5.69 Å². The zero-order valence-corrected chi connectivity index (χ0v) is 11.7. The van der Waals surface area contributed by atoms with Gasteiger partial charge in [0.2, 0.25) is 0 Å². The number of aromatic nitrogens is 3. The Morgan fingerprint density at radius 3 is 2.68 bits per heavy atom. The van der Waals surface area contributed by atoms with Gasteiger partial charge < -0.3 is 5.73 Å². The third-order valence-corrected chi connectivity index (χ3v) is 3.31. The molecule has 2 unspecified atom stereocenters. The van der Waals surface area contributed by atoms with Gasteiger partial charge in [-0.25, -0.2) is 0 Å². The minimum absolute atomic E-state index is 0.0287. The Balaban J connectivity index is 2.04. The first-order valence-electron chi connectivity index (χ1n) is 6.94. The van der Waals surface area contributed by atoms with E-state index in [1.165, 1.54) is 12.8 Å². The molecule has 4 heteroatoms. The molecule has 0 saturated carbocycles. The molecule has 0 radical (unpaired) electrons. The molecule has 2 rings (SSSR count). The Morgan fingerprint density at radius 2 is 2.00 bits per heavy atom. The summed E-state index contributed by atoms with van der Waals surface area (Å²) in [5, 5.41) is 8.76. The van der Waals surface area contributed by atoms with E-state index in [9.17, 15) is 0 Å². The van der Waals surface area contributed by atoms with E-state index in [0.29, 0.717) is 5.92 Å². The Morgan fingerprint density at radius 1 is 1.26 bits per heavy atom. The summed E-state index contributed by atoms with van der Waals surface area (Å²) in [6, 6.07) is 9.86. The average molecular weight is 258 g/mol. The van der Waals surface area contributed by atoms with Crippen molar-refractivity contribution in [1.29, 1.82) is 0 Å². The van der Waals surface area contributed by atoms with Crippen molar-refractivity contribution in [1.82, 2.24) is 15.0 Å². The molecule has 0 saturated heterocycles. The zero-order chi connectivity index (χ0) is 13.7. The molecule has 0 spiro atoms. The van der Waals surface area contributed by atoms with Crippen molar-refractivity contribution >= 4 is 0 Å². The van der Waals surface area contributed by atoms with E-state index in [-0.39, 0.29) is 6.04 Å². The predicted molar refractivity (Wildman–Crippen MR) is 77.0 cm³/mol. The van der Waals surface area contributed by atoms with Crippen LogP contribution in [0.4, 0.5) is 0 Å². The summed E-state index contributed by atoms with van der Waals surface area (Å²) in [6.07, 6.45) is 5.14. The van der Waals surface area contributed by atoms with Gasteiger partial charge in [0, 0.05) is 0 Å². The van der Waals surface area contributed by atoms with Crippen LogP contribution in [-0.4, -0.2) is 15.0 Å². The number of rotatable bonds is 6. The fourth-order valence-electron chi connectivity index (χ4n) is 2.30. The van der Waals surface area contributed by atoms with Gasteiger partial charge in [0.25, 0.3) is 0 Å². The molecule has 0 aliphatic rings. The monoisotopic (exact) mass is 258 g/mol. The normalized spacial score (nSPS) is 14.3. The van der Waals surface area contributed by atoms with Gasteiger partial charge in [-0.1, -0.05) is 44.9 Å². The van der Waals surface area contributed by atoms with Crippen molar-refractivity contribution in [2.75, 3.05) is 0 Å². The summed E-state index contributed by atoms with van der Waals surface area (Å²) in [5.41, 5.74) is 8.03. The summed E-state index contributed by atoms with van der Waals surface area (Å²) >= 11 is 0. The highest BCUT2D eigenvalue weighted by Crippen LogP contribution is 2.20. The molecule has 1 heterocycles. The number of hydrogen-bond acceptors (Lipinski definition) is 3. The zero-order valence-electron chi connectivity index (χ0n) is 11.7. The van der Waals surface area contributed by atoms with Crippen molar-refractivity contribution in [3.63, 3.8) is 0 Å². The molecule has 2 aromatic rings. The fourth-order valence-corrected chi connectivity index (χ4v) is 2.30. The number of benzene rings is 1. The number of nitrogens with zero attached hydrogens (tertiary/aromatic N) is 3. The van der Waals surface area contributed by atoms with E-state index in [1.54, 1.807) is 11.0 Å². The Hall–Kier alpha value is -1.68. The summed E-state index contributed by atoms with van der Waals surface area (Å²) in [6.45, 7) is 4.44. The quantitative estimate of drug-likeness (QED) is 0.866. The second-order valence-electron chi connectivity index (χ2n) is 5.13. The number of nitrogens with two attached hydrogens (primary N) is 1. The first kappa shape index (κ1) is 13.7. The summed E-state index contributed by atoms with van der Waals surface area (Å²) in [5.74, 6) is 0.627. The smallest absolute Gasteiger partial charge is 0.0998 e. The van der Waals surface area contributed by atoms with E-state index in [2.05, 4.69) is 24.0 Å². The van der Waals surface area contributed by atoms with Crippen LogP contribution in [0.2, 0.25) is 0 Å². The molecule has 0 amide bonds. The van der Waals surface area contributed by atoms with Gasteiger partial charge >= 0.3 is 0 Å². The van der Waals surface area contributed by atoms with Crippen LogP contribution in [0, 0.1) is 5.92 Å². The first-order chi connectivity index (χ1) is 9.20. The van der Waals surface area contributed by atoms with E-state index in [1.807, 2.05) is 30.3 Å². The molecule has 2 N–H and O–H groups in total. The molecule has 0 aliphatic carbocycles. The van der Waals surface area contributed by atoms with Crippen molar-refractivity contribution < 1.29 is 0 Å². The molecule has 4 nitrogen and oxygen atoms in total. The first-order valence-corrected chi connectivity index (χ1v) is 6.94. The molecule has 1 aromatic carbocycles. The van der Waals surface area contributed by atoms with Crippen LogP contribution >= 0.6 is 0 Å². The van der Waals surface area contributed by atoms with Gasteiger partial charge in [0.1, 0.15) is 0 Å². The summed E-state index contributed by atoms with van der Waals surface area (Å²) in [7, 11) is 0. The molecule has 0 fully saturated rings. The van der Waals surface area contributed by atoms with Crippen LogP contribution in [0.1, 0.15) is 44.8 Å². The topological polar surface area (TPSA) is 56.7 Å². The Labute approximate surface area is 114 Å². The van der Waals surface area contributed by atoms with Gasteiger partial charge in [-0.3, -0.25) is 0 Å². The molecule has 0 bridgehead atoms. The van der Waals surface area contributed by atoms with E-state index in [0.717, 1.165) is 17.8 Å². The van der Waals surface area contributed by atoms with E-state index < -0.39 is 0 Å². The fraction of sp³-hybridized carbons (Fsp3) is 0.467. The van der Waals surface area contributed by atoms with Crippen molar-refractivity contribution in [3.8, 4) is 5.69 Å². The maximum atomic E-state index is 6.20.